The fourth-order valence-electron chi connectivity index (χ4n) is 4.01. The molecule has 1 fully saturated rings. The van der Waals surface area contributed by atoms with E-state index >= 15 is 0 Å². The number of fused-ring (bicyclic) bond motifs is 1. The summed E-state index contributed by atoms with van der Waals surface area (Å²) in [6.45, 7) is 4.14. The van der Waals surface area contributed by atoms with Gasteiger partial charge >= 0.3 is 0 Å². The third-order valence-electron chi connectivity index (χ3n) is 5.77. The highest BCUT2D eigenvalue weighted by Crippen LogP contribution is 2.25. The first kappa shape index (κ1) is 20.7. The van der Waals surface area contributed by atoms with Gasteiger partial charge in [-0.05, 0) is 29.8 Å². The largest absolute Gasteiger partial charge is 0.378 e. The van der Waals surface area contributed by atoms with E-state index < -0.39 is 0 Å². The van der Waals surface area contributed by atoms with Crippen molar-refractivity contribution in [1.29, 1.82) is 0 Å². The summed E-state index contributed by atoms with van der Waals surface area (Å²) in [6.07, 6.45) is 0. The average Bonchev–Trinajstić information content (AvgIpc) is 3.48. The Morgan fingerprint density at radius 1 is 1.12 bits per heavy atom. The van der Waals surface area contributed by atoms with Crippen LogP contribution in [0.1, 0.15) is 5.56 Å². The molecule has 4 aromatic rings. The third-order valence-corrected chi connectivity index (χ3v) is 6.35. The predicted octanol–water partition coefficient (Wildman–Crippen LogP) is 3.66. The van der Waals surface area contributed by atoms with Crippen LogP contribution in [0.5, 0.6) is 0 Å². The molecule has 0 aliphatic carbocycles. The Morgan fingerprint density at radius 3 is 2.66 bits per heavy atom. The molecule has 1 saturated heterocycles. The van der Waals surface area contributed by atoms with Crippen molar-refractivity contribution >= 4 is 34.0 Å². The average molecular weight is 448 g/mol. The summed E-state index contributed by atoms with van der Waals surface area (Å²) in [5.41, 5.74) is 6.68. The minimum absolute atomic E-state index is 0.0295. The zero-order valence-corrected chi connectivity index (χ0v) is 18.8. The van der Waals surface area contributed by atoms with Crippen LogP contribution in [-0.4, -0.2) is 58.7 Å². The molecule has 0 atom stereocenters. The first-order valence-corrected chi connectivity index (χ1v) is 11.6. The van der Waals surface area contributed by atoms with E-state index in [0.717, 1.165) is 54.4 Å². The zero-order chi connectivity index (χ0) is 21.9. The second-order valence-electron chi connectivity index (χ2n) is 7.90. The minimum atomic E-state index is 0.0295. The molecule has 32 heavy (non-hydrogen) atoms. The van der Waals surface area contributed by atoms with Crippen LogP contribution in [0.3, 0.4) is 0 Å². The molecule has 0 saturated carbocycles. The van der Waals surface area contributed by atoms with E-state index in [0.29, 0.717) is 6.54 Å². The number of imidazole rings is 1. The predicted molar refractivity (Wildman–Crippen MR) is 127 cm³/mol. The molecular formula is C24H25N5O2S. The minimum Gasteiger partial charge on any atom is -0.378 e. The van der Waals surface area contributed by atoms with Crippen LogP contribution in [0.2, 0.25) is 0 Å². The lowest BCUT2D eigenvalue weighted by atomic mass is 10.1. The van der Waals surface area contributed by atoms with Gasteiger partial charge in [0.15, 0.2) is 5.82 Å². The van der Waals surface area contributed by atoms with Crippen LogP contribution < -0.4 is 4.90 Å². The Kier molecular flexibility index (Phi) is 5.87. The number of rotatable bonds is 6. The van der Waals surface area contributed by atoms with Crippen molar-refractivity contribution in [3.05, 3.63) is 65.0 Å². The lowest BCUT2D eigenvalue weighted by Crippen LogP contribution is -2.36. The molecule has 7 nitrogen and oxygen atoms in total. The molecule has 0 unspecified atom stereocenters. The molecule has 5 rings (SSSR count). The molecule has 2 aromatic carbocycles. The number of nitrogens with zero attached hydrogens (tertiary/aromatic N) is 5. The van der Waals surface area contributed by atoms with Gasteiger partial charge in [0.2, 0.25) is 5.91 Å². The number of benzene rings is 2. The quantitative estimate of drug-likeness (QED) is 0.451. The van der Waals surface area contributed by atoms with Crippen LogP contribution in [0.15, 0.2) is 59.4 Å². The van der Waals surface area contributed by atoms with E-state index in [-0.39, 0.29) is 12.5 Å². The van der Waals surface area contributed by atoms with Crippen molar-refractivity contribution in [2.75, 3.05) is 38.3 Å². The molecule has 3 heterocycles. The van der Waals surface area contributed by atoms with Crippen molar-refractivity contribution in [2.24, 2.45) is 0 Å². The van der Waals surface area contributed by atoms with E-state index in [1.54, 1.807) is 10.4 Å². The number of ether oxygens (including phenoxy) is 1. The van der Waals surface area contributed by atoms with Gasteiger partial charge in [-0.3, -0.25) is 4.79 Å². The van der Waals surface area contributed by atoms with Crippen molar-refractivity contribution < 1.29 is 9.53 Å². The van der Waals surface area contributed by atoms with Crippen molar-refractivity contribution in [3.63, 3.8) is 0 Å². The zero-order valence-electron chi connectivity index (χ0n) is 18.0. The summed E-state index contributed by atoms with van der Waals surface area (Å²) < 4.78 is 7.39. The smallest absolute Gasteiger partial charge is 0.242 e. The topological polar surface area (TPSA) is 63.5 Å². The molecular weight excluding hydrogens is 422 g/mol. The van der Waals surface area contributed by atoms with Crippen LogP contribution in [0.4, 0.5) is 5.69 Å². The molecule has 2 aromatic heterocycles. The van der Waals surface area contributed by atoms with Gasteiger partial charge in [0.25, 0.3) is 0 Å². The summed E-state index contributed by atoms with van der Waals surface area (Å²) in [6, 6.07) is 16.3. The lowest BCUT2D eigenvalue weighted by Gasteiger charge is -2.29. The first-order chi connectivity index (χ1) is 15.7. The van der Waals surface area contributed by atoms with Crippen LogP contribution in [0.25, 0.3) is 22.6 Å². The number of thiazole rings is 1. The fraction of sp³-hybridized carbons (Fsp3) is 0.292. The third kappa shape index (κ3) is 4.24. The number of amides is 1. The molecule has 8 heteroatoms. The van der Waals surface area contributed by atoms with Gasteiger partial charge in [-0.15, -0.1) is 11.3 Å². The Balaban J connectivity index is 1.31. The number of likely N-dealkylation sites (N-methyl/N-ethyl adjacent to an activating group) is 1. The maximum atomic E-state index is 13.1. The number of carbonyl (C=O) groups excluding carboxylic acids is 1. The van der Waals surface area contributed by atoms with Gasteiger partial charge in [-0.25, -0.2) is 9.97 Å². The maximum Gasteiger partial charge on any atom is 0.242 e. The molecule has 164 valence electrons. The van der Waals surface area contributed by atoms with E-state index in [4.69, 9.17) is 9.72 Å². The van der Waals surface area contributed by atoms with E-state index in [9.17, 15) is 4.79 Å². The van der Waals surface area contributed by atoms with Gasteiger partial charge in [0.05, 0.1) is 29.8 Å². The van der Waals surface area contributed by atoms with E-state index in [1.165, 1.54) is 17.0 Å². The normalized spacial score (nSPS) is 14.1. The number of para-hydroxylation sites is 2. The van der Waals surface area contributed by atoms with Gasteiger partial charge < -0.3 is 19.1 Å². The Hall–Kier alpha value is -3.23. The van der Waals surface area contributed by atoms with Gasteiger partial charge in [-0.2, -0.15) is 0 Å². The summed E-state index contributed by atoms with van der Waals surface area (Å²) >= 11 is 1.52. The highest BCUT2D eigenvalue weighted by atomic mass is 32.1. The van der Waals surface area contributed by atoms with Crippen LogP contribution >= 0.6 is 11.3 Å². The summed E-state index contributed by atoms with van der Waals surface area (Å²) in [5.74, 6) is 0.756. The lowest BCUT2D eigenvalue weighted by molar-refractivity contribution is -0.130. The Morgan fingerprint density at radius 2 is 1.91 bits per heavy atom. The summed E-state index contributed by atoms with van der Waals surface area (Å²) in [5, 5.41) is 1.96. The number of aromatic nitrogens is 3. The molecule has 1 aliphatic rings. The van der Waals surface area contributed by atoms with Crippen LogP contribution in [0, 0.1) is 0 Å². The summed E-state index contributed by atoms with van der Waals surface area (Å²) in [4.78, 5) is 26.4. The van der Waals surface area contributed by atoms with E-state index in [1.807, 2.05) is 41.3 Å². The highest BCUT2D eigenvalue weighted by molar-refractivity contribution is 7.07. The van der Waals surface area contributed by atoms with Crippen molar-refractivity contribution in [2.45, 2.75) is 13.1 Å². The van der Waals surface area contributed by atoms with Crippen LogP contribution in [-0.2, 0) is 22.6 Å². The fourth-order valence-corrected chi connectivity index (χ4v) is 4.54. The highest BCUT2D eigenvalue weighted by Gasteiger charge is 2.18. The number of morpholine rings is 1. The number of hydrogen-bond donors (Lipinski definition) is 0. The monoisotopic (exact) mass is 447 g/mol. The molecule has 0 N–H and O–H groups in total. The maximum absolute atomic E-state index is 13.1. The molecule has 0 spiro atoms. The van der Waals surface area contributed by atoms with Gasteiger partial charge in [-0.1, -0.05) is 24.3 Å². The van der Waals surface area contributed by atoms with Gasteiger partial charge in [0, 0.05) is 37.7 Å². The molecule has 0 bridgehead atoms. The standard InChI is InChI=1S/C24H25N5O2S/c1-27(14-18-6-8-19(9-7-18)28-10-12-31-13-11-28)23(30)15-29-22-5-3-2-4-20(22)26-24(29)21-16-32-17-25-21/h2-9,16-17H,10-15H2,1H3. The second-order valence-corrected chi connectivity index (χ2v) is 8.62. The molecule has 1 aliphatic heterocycles. The van der Waals surface area contributed by atoms with Gasteiger partial charge in [0.1, 0.15) is 12.2 Å². The second kappa shape index (κ2) is 9.10. The molecule has 0 radical (unpaired) electrons. The SMILES string of the molecule is CN(Cc1ccc(N2CCOCC2)cc1)C(=O)Cn1c(-c2cscn2)nc2ccccc21. The molecule has 1 amide bonds. The van der Waals surface area contributed by atoms with E-state index in [2.05, 4.69) is 34.1 Å². The first-order valence-electron chi connectivity index (χ1n) is 10.7. The number of hydrogen-bond acceptors (Lipinski definition) is 6. The van der Waals surface area contributed by atoms with Crippen molar-refractivity contribution in [3.8, 4) is 11.5 Å². The Bertz CT molecular complexity index is 1200. The number of carbonyl (C=O) groups is 1. The Labute approximate surface area is 190 Å². The summed E-state index contributed by atoms with van der Waals surface area (Å²) in [7, 11) is 1.85. The number of anilines is 1. The van der Waals surface area contributed by atoms with Crippen molar-refractivity contribution in [1.82, 2.24) is 19.4 Å².